The quantitative estimate of drug-likeness (QED) is 0.666. The van der Waals surface area contributed by atoms with Crippen LogP contribution >= 0.6 is 0 Å². The molecule has 7 fully saturated rings. The van der Waals surface area contributed by atoms with Crippen LogP contribution in [0.25, 0.3) is 0 Å². The molecule has 0 N–H and O–H groups in total. The summed E-state index contributed by atoms with van der Waals surface area (Å²) in [4.78, 5) is 0. The van der Waals surface area contributed by atoms with Gasteiger partial charge >= 0.3 is 0 Å². The maximum absolute atomic E-state index is 5.82. The second-order valence-electron chi connectivity index (χ2n) is 8.06. The van der Waals surface area contributed by atoms with Gasteiger partial charge in [-0.25, -0.2) is 0 Å². The van der Waals surface area contributed by atoms with Gasteiger partial charge in [0.15, 0.2) is 0 Å². The number of hydrogen-bond donors (Lipinski definition) is 0. The fraction of sp³-hybridized carbons (Fsp3) is 1.00. The van der Waals surface area contributed by atoms with Crippen molar-refractivity contribution in [3.63, 3.8) is 0 Å². The lowest BCUT2D eigenvalue weighted by Crippen LogP contribution is -2.45. The maximum atomic E-state index is 5.82. The van der Waals surface area contributed by atoms with Crippen molar-refractivity contribution in [1.29, 1.82) is 0 Å². The van der Waals surface area contributed by atoms with E-state index in [1.54, 1.807) is 0 Å². The lowest BCUT2D eigenvalue weighted by atomic mass is 9.67. The molecule has 4 aliphatic carbocycles. The molecule has 2 heteroatoms. The zero-order chi connectivity index (χ0) is 12.4. The summed E-state index contributed by atoms with van der Waals surface area (Å²) in [6, 6.07) is 0. The topological polar surface area (TPSA) is 18.5 Å². The molecule has 19 heavy (non-hydrogen) atoms. The Balaban J connectivity index is 0.0000000933. The lowest BCUT2D eigenvalue weighted by molar-refractivity contribution is -0.154. The third-order valence-electron chi connectivity index (χ3n) is 6.98. The average molecular weight is 262 g/mol. The van der Waals surface area contributed by atoms with Crippen molar-refractivity contribution in [3.05, 3.63) is 0 Å². The molecule has 0 aromatic carbocycles. The number of rotatable bonds is 0. The predicted octanol–water partition coefficient (Wildman–Crippen LogP) is 3.40. The summed E-state index contributed by atoms with van der Waals surface area (Å²) >= 11 is 0. The molecule has 7 aliphatic rings. The fourth-order valence-corrected chi connectivity index (χ4v) is 6.32. The Morgan fingerprint density at radius 1 is 0.684 bits per heavy atom. The second kappa shape index (κ2) is 4.21. The van der Waals surface area contributed by atoms with E-state index in [1.807, 2.05) is 0 Å². The molecule has 2 nitrogen and oxygen atoms in total. The van der Waals surface area contributed by atoms with E-state index < -0.39 is 0 Å². The van der Waals surface area contributed by atoms with Crippen LogP contribution in [0.5, 0.6) is 0 Å². The summed E-state index contributed by atoms with van der Waals surface area (Å²) in [6.07, 6.45) is 13.5. The number of hydrogen-bond acceptors (Lipinski definition) is 2. The third kappa shape index (κ3) is 1.82. The summed E-state index contributed by atoms with van der Waals surface area (Å²) in [7, 11) is 0. The Kier molecular flexibility index (Phi) is 2.56. The average Bonchev–Trinajstić information content (AvgIpc) is 3.05. The Bertz CT molecular complexity index is 294. The van der Waals surface area contributed by atoms with Crippen molar-refractivity contribution in [2.45, 2.75) is 69.7 Å². The molecule has 3 heterocycles. The Morgan fingerprint density at radius 2 is 1.42 bits per heavy atom. The van der Waals surface area contributed by atoms with Gasteiger partial charge in [0.05, 0.1) is 24.9 Å². The van der Waals surface area contributed by atoms with Crippen LogP contribution in [0.4, 0.5) is 0 Å². The van der Waals surface area contributed by atoms with Gasteiger partial charge in [0.1, 0.15) is 0 Å². The normalized spacial score (nSPS) is 59.4. The minimum atomic E-state index is 0.677. The first-order valence-electron chi connectivity index (χ1n) is 8.62. The standard InChI is InChI=1S/C9H14O.C8H12O/c1-6-2-8-4-7(1)5-9(3-6)10-8;1-2-6-7-4-9-8(6)3-5(1)7/h6-9H,1-5H2;5-8H,1-4H2. The van der Waals surface area contributed by atoms with E-state index in [2.05, 4.69) is 0 Å². The summed E-state index contributed by atoms with van der Waals surface area (Å²) < 4.78 is 11.4. The molecule has 0 radical (unpaired) electrons. The highest BCUT2D eigenvalue weighted by Gasteiger charge is 2.52. The van der Waals surface area contributed by atoms with Gasteiger partial charge in [0.25, 0.3) is 0 Å². The molecule has 106 valence electrons. The number of ether oxygens (including phenoxy) is 2. The Hall–Kier alpha value is -0.0800. The van der Waals surface area contributed by atoms with Crippen LogP contribution in [0.3, 0.4) is 0 Å². The molecular formula is C17H26O2. The van der Waals surface area contributed by atoms with Crippen molar-refractivity contribution in [3.8, 4) is 0 Å². The Morgan fingerprint density at radius 3 is 1.89 bits per heavy atom. The van der Waals surface area contributed by atoms with E-state index in [1.165, 1.54) is 51.4 Å². The molecule has 8 bridgehead atoms. The van der Waals surface area contributed by atoms with Crippen LogP contribution in [0.2, 0.25) is 0 Å². The first-order chi connectivity index (χ1) is 9.35. The molecule has 0 aromatic heterocycles. The molecule has 0 spiro atoms. The maximum Gasteiger partial charge on any atom is 0.0609 e. The second-order valence-corrected chi connectivity index (χ2v) is 8.06. The monoisotopic (exact) mass is 262 g/mol. The van der Waals surface area contributed by atoms with Crippen molar-refractivity contribution < 1.29 is 9.47 Å². The molecule has 7 rings (SSSR count). The predicted molar refractivity (Wildman–Crippen MR) is 72.8 cm³/mol. The minimum Gasteiger partial charge on any atom is -0.378 e. The third-order valence-corrected chi connectivity index (χ3v) is 6.98. The van der Waals surface area contributed by atoms with Crippen LogP contribution in [0.1, 0.15) is 51.4 Å². The van der Waals surface area contributed by atoms with Gasteiger partial charge in [-0.3, -0.25) is 0 Å². The van der Waals surface area contributed by atoms with E-state index in [-0.39, 0.29) is 0 Å². The molecular weight excluding hydrogens is 236 g/mol. The van der Waals surface area contributed by atoms with Crippen molar-refractivity contribution in [2.24, 2.45) is 29.6 Å². The van der Waals surface area contributed by atoms with Gasteiger partial charge < -0.3 is 9.47 Å². The molecule has 4 saturated carbocycles. The summed E-state index contributed by atoms with van der Waals surface area (Å²) in [5, 5.41) is 0. The first kappa shape index (κ1) is 11.6. The highest BCUT2D eigenvalue weighted by molar-refractivity contribution is 5.01. The van der Waals surface area contributed by atoms with E-state index in [9.17, 15) is 0 Å². The molecule has 4 unspecified atom stereocenters. The van der Waals surface area contributed by atoms with E-state index >= 15 is 0 Å². The van der Waals surface area contributed by atoms with Gasteiger partial charge in [-0.1, -0.05) is 0 Å². The Labute approximate surface area is 116 Å². The molecule has 3 saturated heterocycles. The highest BCUT2D eigenvalue weighted by atomic mass is 16.5. The van der Waals surface area contributed by atoms with Crippen LogP contribution in [0.15, 0.2) is 0 Å². The minimum absolute atomic E-state index is 0.677. The van der Waals surface area contributed by atoms with Gasteiger partial charge in [0.2, 0.25) is 0 Å². The molecule has 3 aliphatic heterocycles. The smallest absolute Gasteiger partial charge is 0.0609 e. The molecule has 4 atom stereocenters. The molecule has 0 amide bonds. The van der Waals surface area contributed by atoms with E-state index in [4.69, 9.17) is 9.47 Å². The van der Waals surface area contributed by atoms with Crippen LogP contribution in [-0.4, -0.2) is 24.9 Å². The van der Waals surface area contributed by atoms with Crippen LogP contribution in [-0.2, 0) is 9.47 Å². The largest absolute Gasteiger partial charge is 0.378 e. The van der Waals surface area contributed by atoms with E-state index in [0.29, 0.717) is 18.3 Å². The zero-order valence-corrected chi connectivity index (χ0v) is 11.8. The highest BCUT2D eigenvalue weighted by Crippen LogP contribution is 2.54. The summed E-state index contributed by atoms with van der Waals surface area (Å²) in [5.41, 5.74) is 0. The van der Waals surface area contributed by atoms with Gasteiger partial charge in [0, 0.05) is 0 Å². The fourth-order valence-electron chi connectivity index (χ4n) is 6.32. The SMILES string of the molecule is C1C2CC3CC1CC(C2)O3.C1CC2C3CC1C2CO3. The first-order valence-corrected chi connectivity index (χ1v) is 8.62. The van der Waals surface area contributed by atoms with E-state index in [0.717, 1.165) is 36.2 Å². The van der Waals surface area contributed by atoms with Crippen LogP contribution in [0, 0.1) is 29.6 Å². The summed E-state index contributed by atoms with van der Waals surface area (Å²) in [5.74, 6) is 5.17. The van der Waals surface area contributed by atoms with Crippen molar-refractivity contribution in [1.82, 2.24) is 0 Å². The summed E-state index contributed by atoms with van der Waals surface area (Å²) in [6.45, 7) is 1.10. The van der Waals surface area contributed by atoms with Crippen molar-refractivity contribution >= 4 is 0 Å². The zero-order valence-electron chi connectivity index (χ0n) is 11.8. The van der Waals surface area contributed by atoms with Gasteiger partial charge in [-0.2, -0.15) is 0 Å². The molecule has 0 aromatic rings. The van der Waals surface area contributed by atoms with Gasteiger partial charge in [-0.05, 0) is 81.0 Å². The van der Waals surface area contributed by atoms with Crippen LogP contribution < -0.4 is 0 Å². The van der Waals surface area contributed by atoms with Crippen molar-refractivity contribution in [2.75, 3.05) is 6.61 Å². The lowest BCUT2D eigenvalue weighted by Gasteiger charge is -2.49. The van der Waals surface area contributed by atoms with Gasteiger partial charge in [-0.15, -0.1) is 0 Å².